The van der Waals surface area contributed by atoms with Gasteiger partial charge in [0.05, 0.1) is 16.9 Å². The molecular formula is C14H16BrClN2. The van der Waals surface area contributed by atoms with Crippen LogP contribution in [-0.2, 0) is 5.88 Å². The van der Waals surface area contributed by atoms with E-state index in [1.165, 1.54) is 24.8 Å². The minimum absolute atomic E-state index is 0.474. The molecule has 0 amide bonds. The Morgan fingerprint density at radius 1 is 1.50 bits per heavy atom. The summed E-state index contributed by atoms with van der Waals surface area (Å²) in [4.78, 5) is 4.64. The molecule has 0 N–H and O–H groups in total. The lowest BCUT2D eigenvalue weighted by atomic mass is 10.1. The number of benzene rings is 1. The van der Waals surface area contributed by atoms with Crippen LogP contribution >= 0.6 is 27.5 Å². The average Bonchev–Trinajstić information content (AvgIpc) is 3.07. The molecule has 1 unspecified atom stereocenters. The number of nitrogens with zero attached hydrogens (tertiary/aromatic N) is 2. The van der Waals surface area contributed by atoms with Gasteiger partial charge >= 0.3 is 0 Å². The van der Waals surface area contributed by atoms with Crippen LogP contribution in [0.2, 0.25) is 0 Å². The van der Waals surface area contributed by atoms with Gasteiger partial charge in [-0.1, -0.05) is 28.8 Å². The van der Waals surface area contributed by atoms with Crippen molar-refractivity contribution in [1.29, 1.82) is 0 Å². The zero-order chi connectivity index (χ0) is 12.7. The van der Waals surface area contributed by atoms with Gasteiger partial charge in [0, 0.05) is 10.5 Å². The zero-order valence-electron chi connectivity index (χ0n) is 10.4. The van der Waals surface area contributed by atoms with Crippen molar-refractivity contribution in [3.05, 3.63) is 28.5 Å². The number of hydrogen-bond donors (Lipinski definition) is 0. The third-order valence-corrected chi connectivity index (χ3v) is 4.39. The highest BCUT2D eigenvalue weighted by molar-refractivity contribution is 9.10. The highest BCUT2D eigenvalue weighted by atomic mass is 79.9. The van der Waals surface area contributed by atoms with E-state index in [0.717, 1.165) is 21.7 Å². The van der Waals surface area contributed by atoms with Gasteiger partial charge in [0.25, 0.3) is 0 Å². The molecule has 1 fully saturated rings. The summed E-state index contributed by atoms with van der Waals surface area (Å²) in [6.07, 6.45) is 4.02. The van der Waals surface area contributed by atoms with Crippen LogP contribution in [0.25, 0.3) is 11.0 Å². The van der Waals surface area contributed by atoms with E-state index in [0.29, 0.717) is 11.9 Å². The fourth-order valence-corrected chi connectivity index (χ4v) is 3.19. The smallest absolute Gasteiger partial charge is 0.125 e. The minimum Gasteiger partial charge on any atom is -0.324 e. The Labute approximate surface area is 120 Å². The lowest BCUT2D eigenvalue weighted by molar-refractivity contribution is 0.477. The molecule has 96 valence electrons. The fraction of sp³-hybridized carbons (Fsp3) is 0.500. The third-order valence-electron chi connectivity index (χ3n) is 3.66. The first-order chi connectivity index (χ1) is 8.69. The maximum Gasteiger partial charge on any atom is 0.125 e. The number of hydrogen-bond acceptors (Lipinski definition) is 1. The van der Waals surface area contributed by atoms with E-state index in [2.05, 4.69) is 50.6 Å². The van der Waals surface area contributed by atoms with Crippen molar-refractivity contribution in [2.75, 3.05) is 0 Å². The molecule has 3 rings (SSSR count). The van der Waals surface area contributed by atoms with E-state index in [1.807, 2.05) is 0 Å². The van der Waals surface area contributed by atoms with Crippen LogP contribution in [0.5, 0.6) is 0 Å². The normalized spacial score (nSPS) is 17.3. The second-order valence-electron chi connectivity index (χ2n) is 5.19. The zero-order valence-corrected chi connectivity index (χ0v) is 12.7. The van der Waals surface area contributed by atoms with Crippen LogP contribution < -0.4 is 0 Å². The van der Waals surface area contributed by atoms with Crippen molar-refractivity contribution in [3.63, 3.8) is 0 Å². The van der Waals surface area contributed by atoms with Crippen LogP contribution in [0.4, 0.5) is 0 Å². The van der Waals surface area contributed by atoms with Gasteiger partial charge < -0.3 is 4.57 Å². The molecule has 4 heteroatoms. The molecule has 1 heterocycles. The van der Waals surface area contributed by atoms with Crippen molar-refractivity contribution in [1.82, 2.24) is 9.55 Å². The second-order valence-corrected chi connectivity index (χ2v) is 6.38. The average molecular weight is 328 g/mol. The van der Waals surface area contributed by atoms with E-state index in [1.54, 1.807) is 0 Å². The monoisotopic (exact) mass is 326 g/mol. The Kier molecular flexibility index (Phi) is 3.37. The van der Waals surface area contributed by atoms with Crippen molar-refractivity contribution in [2.45, 2.75) is 38.1 Å². The number of halogens is 2. The lowest BCUT2D eigenvalue weighted by Crippen LogP contribution is -2.09. The standard InChI is InChI=1S/C14H16BrClN2/c1-9(6-10-2-3-10)18-13-5-4-11(15)7-12(13)17-14(18)8-16/h4-5,7,9-10H,2-3,6,8H2,1H3. The minimum atomic E-state index is 0.474. The highest BCUT2D eigenvalue weighted by Gasteiger charge is 2.26. The largest absolute Gasteiger partial charge is 0.324 e. The number of imidazole rings is 1. The Hall–Kier alpha value is -0.540. The van der Waals surface area contributed by atoms with Crippen LogP contribution in [0, 0.1) is 5.92 Å². The van der Waals surface area contributed by atoms with E-state index in [4.69, 9.17) is 11.6 Å². The van der Waals surface area contributed by atoms with E-state index >= 15 is 0 Å². The SMILES string of the molecule is CC(CC1CC1)n1c(CCl)nc2cc(Br)ccc21. The van der Waals surface area contributed by atoms with Gasteiger partial charge in [0.1, 0.15) is 5.82 Å². The summed E-state index contributed by atoms with van der Waals surface area (Å²) in [6, 6.07) is 6.75. The number of fused-ring (bicyclic) bond motifs is 1. The van der Waals surface area contributed by atoms with Crippen LogP contribution in [0.3, 0.4) is 0 Å². The molecule has 0 spiro atoms. The predicted molar refractivity (Wildman–Crippen MR) is 79.0 cm³/mol. The molecule has 1 saturated carbocycles. The summed E-state index contributed by atoms with van der Waals surface area (Å²) >= 11 is 9.54. The fourth-order valence-electron chi connectivity index (χ4n) is 2.65. The molecule has 1 aromatic carbocycles. The van der Waals surface area contributed by atoms with Crippen molar-refractivity contribution >= 4 is 38.6 Å². The van der Waals surface area contributed by atoms with Gasteiger partial charge in [-0.25, -0.2) is 4.98 Å². The first-order valence-electron chi connectivity index (χ1n) is 6.41. The van der Waals surface area contributed by atoms with Gasteiger partial charge in [-0.3, -0.25) is 0 Å². The first-order valence-corrected chi connectivity index (χ1v) is 7.74. The van der Waals surface area contributed by atoms with E-state index in [-0.39, 0.29) is 0 Å². The molecule has 1 atom stereocenters. The summed E-state index contributed by atoms with van der Waals surface area (Å²) in [6.45, 7) is 2.28. The molecule has 18 heavy (non-hydrogen) atoms. The van der Waals surface area contributed by atoms with Crippen LogP contribution in [0.1, 0.15) is 38.1 Å². The third kappa shape index (κ3) is 2.30. The van der Waals surface area contributed by atoms with Crippen LogP contribution in [-0.4, -0.2) is 9.55 Å². The molecule has 1 aliphatic rings. The summed E-state index contributed by atoms with van der Waals surface area (Å²) in [5.41, 5.74) is 2.23. The maximum atomic E-state index is 6.04. The number of alkyl halides is 1. The maximum absolute atomic E-state index is 6.04. The first kappa shape index (κ1) is 12.5. The predicted octanol–water partition coefficient (Wildman–Crippen LogP) is 4.90. The molecule has 0 radical (unpaired) electrons. The topological polar surface area (TPSA) is 17.8 Å². The van der Waals surface area contributed by atoms with Crippen molar-refractivity contribution in [3.8, 4) is 0 Å². The Morgan fingerprint density at radius 2 is 2.28 bits per heavy atom. The number of rotatable bonds is 4. The van der Waals surface area contributed by atoms with Crippen molar-refractivity contribution in [2.24, 2.45) is 5.92 Å². The quantitative estimate of drug-likeness (QED) is 0.730. The summed E-state index contributed by atoms with van der Waals surface area (Å²) in [7, 11) is 0. The van der Waals surface area contributed by atoms with Gasteiger partial charge in [-0.05, 0) is 37.5 Å². The molecule has 0 aliphatic heterocycles. The number of aromatic nitrogens is 2. The Bertz CT molecular complexity index is 574. The van der Waals surface area contributed by atoms with Gasteiger partial charge in [0.2, 0.25) is 0 Å². The summed E-state index contributed by atoms with van der Waals surface area (Å²) in [5.74, 6) is 2.37. The van der Waals surface area contributed by atoms with E-state index in [9.17, 15) is 0 Å². The summed E-state index contributed by atoms with van der Waals surface area (Å²) in [5, 5.41) is 0. The van der Waals surface area contributed by atoms with E-state index < -0.39 is 0 Å². The molecule has 1 aromatic heterocycles. The van der Waals surface area contributed by atoms with Gasteiger partial charge in [-0.15, -0.1) is 11.6 Å². The van der Waals surface area contributed by atoms with Gasteiger partial charge in [0.15, 0.2) is 0 Å². The molecule has 1 aliphatic carbocycles. The molecule has 0 saturated heterocycles. The molecular weight excluding hydrogens is 312 g/mol. The molecule has 2 nitrogen and oxygen atoms in total. The summed E-state index contributed by atoms with van der Waals surface area (Å²) < 4.78 is 3.38. The Morgan fingerprint density at radius 3 is 2.94 bits per heavy atom. The second kappa shape index (κ2) is 4.86. The Balaban J connectivity index is 2.06. The lowest BCUT2D eigenvalue weighted by Gasteiger charge is -2.16. The van der Waals surface area contributed by atoms with Crippen LogP contribution in [0.15, 0.2) is 22.7 Å². The highest BCUT2D eigenvalue weighted by Crippen LogP contribution is 2.38. The van der Waals surface area contributed by atoms with Gasteiger partial charge in [-0.2, -0.15) is 0 Å². The molecule has 0 bridgehead atoms. The van der Waals surface area contributed by atoms with Crippen molar-refractivity contribution < 1.29 is 0 Å². The molecule has 2 aromatic rings.